The van der Waals surface area contributed by atoms with E-state index in [1.54, 1.807) is 11.0 Å². The fraction of sp³-hybridized carbons (Fsp3) is 0.550. The normalized spacial score (nSPS) is 19.7. The van der Waals surface area contributed by atoms with E-state index in [0.717, 1.165) is 6.42 Å². The number of nitrogens with zero attached hydrogens (tertiary/aromatic N) is 4. The number of benzene rings is 1. The predicted molar refractivity (Wildman–Crippen MR) is 116 cm³/mol. The molecule has 2 aromatic rings. The van der Waals surface area contributed by atoms with Crippen LogP contribution in [0.25, 0.3) is 10.9 Å². The van der Waals surface area contributed by atoms with E-state index in [9.17, 15) is 9.18 Å². The molecule has 158 valence electrons. The van der Waals surface area contributed by atoms with Gasteiger partial charge in [-0.15, -0.1) is 0 Å². The van der Waals surface area contributed by atoms with Crippen molar-refractivity contribution >= 4 is 50.3 Å². The molecule has 0 unspecified atom stereocenters. The van der Waals surface area contributed by atoms with E-state index in [1.165, 1.54) is 6.07 Å². The largest absolute Gasteiger partial charge is 0.444 e. The van der Waals surface area contributed by atoms with Crippen molar-refractivity contribution in [2.24, 2.45) is 0 Å². The van der Waals surface area contributed by atoms with Crippen LogP contribution >= 0.6 is 27.5 Å². The molecule has 9 heteroatoms. The monoisotopic (exact) mass is 486 g/mol. The fourth-order valence-corrected chi connectivity index (χ4v) is 4.26. The van der Waals surface area contributed by atoms with E-state index in [1.807, 2.05) is 34.6 Å². The maximum Gasteiger partial charge on any atom is 0.410 e. The Morgan fingerprint density at radius 1 is 1.41 bits per heavy atom. The third kappa shape index (κ3) is 4.58. The summed E-state index contributed by atoms with van der Waals surface area (Å²) in [5, 5.41) is 0.680. The number of hydrogen-bond acceptors (Lipinski definition) is 5. The van der Waals surface area contributed by atoms with Crippen LogP contribution in [-0.4, -0.2) is 51.7 Å². The highest BCUT2D eigenvalue weighted by Gasteiger charge is 2.39. The zero-order valence-corrected chi connectivity index (χ0v) is 19.5. The lowest BCUT2D eigenvalue weighted by atomic mass is 10.1. The molecule has 1 amide bonds. The second-order valence-corrected chi connectivity index (χ2v) is 9.35. The molecule has 1 saturated heterocycles. The second-order valence-electron chi connectivity index (χ2n) is 8.16. The average Bonchev–Trinajstić information content (AvgIpc) is 2.97. The number of hydrogen-bond donors (Lipinski definition) is 0. The highest BCUT2D eigenvalue weighted by molar-refractivity contribution is 9.10. The minimum atomic E-state index is -0.555. The van der Waals surface area contributed by atoms with Crippen molar-refractivity contribution in [3.05, 3.63) is 27.7 Å². The number of likely N-dealkylation sites (tertiary alicyclic amines) is 1. The predicted octanol–water partition coefficient (Wildman–Crippen LogP) is 5.41. The van der Waals surface area contributed by atoms with Gasteiger partial charge in [0.1, 0.15) is 17.2 Å². The van der Waals surface area contributed by atoms with E-state index >= 15 is 0 Å². The van der Waals surface area contributed by atoms with Crippen molar-refractivity contribution in [1.29, 1.82) is 0 Å². The maximum atomic E-state index is 14.3. The number of likely N-dealkylation sites (N-methyl/N-ethyl adjacent to an activating group) is 1. The number of amides is 1. The van der Waals surface area contributed by atoms with Crippen molar-refractivity contribution in [1.82, 2.24) is 14.9 Å². The lowest BCUT2D eigenvalue weighted by Crippen LogP contribution is -2.47. The second kappa shape index (κ2) is 8.22. The molecule has 2 heterocycles. The summed E-state index contributed by atoms with van der Waals surface area (Å²) in [7, 11) is 0. The Morgan fingerprint density at radius 3 is 2.72 bits per heavy atom. The molecule has 0 spiro atoms. The van der Waals surface area contributed by atoms with Gasteiger partial charge in [-0.05, 0) is 80.7 Å². The van der Waals surface area contributed by atoms with Crippen LogP contribution in [0.1, 0.15) is 41.0 Å². The van der Waals surface area contributed by atoms with Crippen LogP contribution in [0.5, 0.6) is 0 Å². The Morgan fingerprint density at radius 2 is 2.10 bits per heavy atom. The summed E-state index contributed by atoms with van der Waals surface area (Å²) in [6.45, 7) is 10.7. The number of rotatable bonds is 3. The van der Waals surface area contributed by atoms with Crippen molar-refractivity contribution in [2.75, 3.05) is 18.0 Å². The molecule has 0 saturated carbocycles. The van der Waals surface area contributed by atoms with E-state index in [4.69, 9.17) is 16.3 Å². The van der Waals surface area contributed by atoms with Gasteiger partial charge in [0.2, 0.25) is 5.28 Å². The molecule has 6 nitrogen and oxygen atoms in total. The Bertz CT molecular complexity index is 937. The van der Waals surface area contributed by atoms with Crippen LogP contribution in [-0.2, 0) is 4.74 Å². The summed E-state index contributed by atoms with van der Waals surface area (Å²) in [6, 6.07) is 2.90. The van der Waals surface area contributed by atoms with Gasteiger partial charge >= 0.3 is 6.09 Å². The highest BCUT2D eigenvalue weighted by atomic mass is 79.9. The van der Waals surface area contributed by atoms with Crippen molar-refractivity contribution in [3.63, 3.8) is 0 Å². The molecule has 0 radical (unpaired) electrons. The molecule has 29 heavy (non-hydrogen) atoms. The van der Waals surface area contributed by atoms with Crippen LogP contribution in [0.3, 0.4) is 0 Å². The summed E-state index contributed by atoms with van der Waals surface area (Å²) in [5.41, 5.74) is 0.00190. The molecule has 1 aliphatic heterocycles. The fourth-order valence-electron chi connectivity index (χ4n) is 3.76. The molecule has 2 atom stereocenters. The van der Waals surface area contributed by atoms with Gasteiger partial charge in [0.15, 0.2) is 0 Å². The number of fused-ring (bicyclic) bond motifs is 1. The van der Waals surface area contributed by atoms with E-state index in [2.05, 4.69) is 30.8 Å². The molecular formula is C20H25BrClFN4O2. The van der Waals surface area contributed by atoms with Crippen molar-refractivity contribution in [2.45, 2.75) is 58.7 Å². The summed E-state index contributed by atoms with van der Waals surface area (Å²) in [6.07, 6.45) is 0.417. The standard InChI is InChI=1S/C20H25BrClFN4O2/c1-6-26(16-7-8-27(11(16)2)19(28)29-20(3,4)5)17-12-9-14(23)13(21)10-15(12)24-18(22)25-17/h9-11,16H,6-8H2,1-5H3/t11-,16-/m1/s1. The van der Waals surface area contributed by atoms with Gasteiger partial charge in [-0.25, -0.2) is 14.2 Å². The van der Waals surface area contributed by atoms with Gasteiger partial charge in [-0.1, -0.05) is 0 Å². The molecule has 1 fully saturated rings. The molecule has 1 aromatic carbocycles. The molecular weight excluding hydrogens is 463 g/mol. The van der Waals surface area contributed by atoms with Gasteiger partial charge in [-0.2, -0.15) is 4.98 Å². The first-order valence-electron chi connectivity index (χ1n) is 9.60. The number of anilines is 1. The zero-order valence-electron chi connectivity index (χ0n) is 17.2. The quantitative estimate of drug-likeness (QED) is 0.542. The molecule has 0 bridgehead atoms. The number of ether oxygens (including phenoxy) is 1. The summed E-state index contributed by atoms with van der Waals surface area (Å²) >= 11 is 9.36. The highest BCUT2D eigenvalue weighted by Crippen LogP contribution is 2.34. The van der Waals surface area contributed by atoms with Gasteiger partial charge in [-0.3, -0.25) is 0 Å². The van der Waals surface area contributed by atoms with Crippen molar-refractivity contribution < 1.29 is 13.9 Å². The zero-order chi connectivity index (χ0) is 21.5. The van der Waals surface area contributed by atoms with Crippen LogP contribution in [0.15, 0.2) is 16.6 Å². The molecule has 1 aromatic heterocycles. The lowest BCUT2D eigenvalue weighted by molar-refractivity contribution is 0.0233. The topological polar surface area (TPSA) is 58.6 Å². The average molecular weight is 488 g/mol. The molecule has 0 aliphatic carbocycles. The number of aromatic nitrogens is 2. The van der Waals surface area contributed by atoms with Crippen LogP contribution in [0, 0.1) is 5.82 Å². The first kappa shape index (κ1) is 22.0. The Kier molecular flexibility index (Phi) is 6.24. The minimum Gasteiger partial charge on any atom is -0.444 e. The smallest absolute Gasteiger partial charge is 0.410 e. The Balaban J connectivity index is 1.96. The van der Waals surface area contributed by atoms with Gasteiger partial charge in [0.05, 0.1) is 22.1 Å². The third-order valence-corrected chi connectivity index (χ3v) is 5.82. The van der Waals surface area contributed by atoms with Crippen molar-refractivity contribution in [3.8, 4) is 0 Å². The van der Waals surface area contributed by atoms with Crippen LogP contribution in [0.4, 0.5) is 15.0 Å². The summed E-state index contributed by atoms with van der Waals surface area (Å²) < 4.78 is 20.1. The lowest BCUT2D eigenvalue weighted by Gasteiger charge is -2.34. The first-order chi connectivity index (χ1) is 13.5. The summed E-state index contributed by atoms with van der Waals surface area (Å²) in [5.74, 6) is 0.173. The SMILES string of the molecule is CCN(c1nc(Cl)nc2cc(Br)c(F)cc12)[C@@H]1CCN(C(=O)OC(C)(C)C)[C@@H]1C. The first-order valence-corrected chi connectivity index (χ1v) is 10.8. The molecule has 3 rings (SSSR count). The number of halogens is 3. The molecule has 0 N–H and O–H groups in total. The molecule has 1 aliphatic rings. The Hall–Kier alpha value is -1.67. The number of carbonyl (C=O) groups excluding carboxylic acids is 1. The van der Waals surface area contributed by atoms with E-state index in [-0.39, 0.29) is 23.5 Å². The number of carbonyl (C=O) groups is 1. The third-order valence-electron chi connectivity index (χ3n) is 5.05. The minimum absolute atomic E-state index is 0.00612. The Labute approximate surface area is 183 Å². The van der Waals surface area contributed by atoms with Gasteiger partial charge in [0.25, 0.3) is 0 Å². The van der Waals surface area contributed by atoms with Crippen LogP contribution < -0.4 is 4.90 Å². The van der Waals surface area contributed by atoms with Gasteiger partial charge in [0, 0.05) is 18.5 Å². The van der Waals surface area contributed by atoms with E-state index in [0.29, 0.717) is 34.3 Å². The maximum absolute atomic E-state index is 14.3. The van der Waals surface area contributed by atoms with Gasteiger partial charge < -0.3 is 14.5 Å². The van der Waals surface area contributed by atoms with E-state index < -0.39 is 11.4 Å². The summed E-state index contributed by atoms with van der Waals surface area (Å²) in [4.78, 5) is 25.0. The van der Waals surface area contributed by atoms with Crippen LogP contribution in [0.2, 0.25) is 5.28 Å².